The number of piperidine rings is 2. The fourth-order valence-electron chi connectivity index (χ4n) is 4.27. The van der Waals surface area contributed by atoms with Gasteiger partial charge in [0.05, 0.1) is 6.17 Å². The first-order valence-corrected chi connectivity index (χ1v) is 7.59. The highest BCUT2D eigenvalue weighted by atomic mass is 15.1. The van der Waals surface area contributed by atoms with Crippen LogP contribution in [0.5, 0.6) is 0 Å². The summed E-state index contributed by atoms with van der Waals surface area (Å²) in [5.41, 5.74) is 6.35. The molecule has 5 unspecified atom stereocenters. The van der Waals surface area contributed by atoms with E-state index >= 15 is 0 Å². The van der Waals surface area contributed by atoms with Crippen molar-refractivity contribution in [1.29, 1.82) is 0 Å². The largest absolute Gasteiger partial charge is 0.316 e. The molecule has 3 rings (SSSR count). The van der Waals surface area contributed by atoms with Gasteiger partial charge in [0.2, 0.25) is 0 Å². The summed E-state index contributed by atoms with van der Waals surface area (Å²) in [4.78, 5) is 0. The van der Waals surface area contributed by atoms with Crippen molar-refractivity contribution in [3.8, 4) is 0 Å². The van der Waals surface area contributed by atoms with Crippen LogP contribution in [0.25, 0.3) is 0 Å². The summed E-state index contributed by atoms with van der Waals surface area (Å²) in [6.07, 6.45) is 11.3. The Balaban J connectivity index is 1.63. The molecule has 0 radical (unpaired) electrons. The van der Waals surface area contributed by atoms with Crippen LogP contribution in [0.2, 0.25) is 0 Å². The van der Waals surface area contributed by atoms with Crippen LogP contribution >= 0.6 is 0 Å². The summed E-state index contributed by atoms with van der Waals surface area (Å²) in [7, 11) is 0. The lowest BCUT2D eigenvalue weighted by Crippen LogP contribution is -2.62. The number of hydrogen-bond donors (Lipinski definition) is 3. The number of rotatable bonds is 1. The molecular formula is C14H27N3. The second kappa shape index (κ2) is 5.25. The Morgan fingerprint density at radius 3 is 2.53 bits per heavy atom. The van der Waals surface area contributed by atoms with E-state index in [2.05, 4.69) is 10.6 Å². The number of nitrogens with two attached hydrogens (primary N) is 1. The third-order valence-electron chi connectivity index (χ3n) is 5.23. The fraction of sp³-hybridized carbons (Fsp3) is 1.00. The Morgan fingerprint density at radius 1 is 0.882 bits per heavy atom. The molecule has 3 heteroatoms. The van der Waals surface area contributed by atoms with Gasteiger partial charge in [0.1, 0.15) is 0 Å². The molecule has 0 aromatic carbocycles. The zero-order valence-electron chi connectivity index (χ0n) is 10.8. The van der Waals surface area contributed by atoms with E-state index in [0.717, 1.165) is 11.8 Å². The molecule has 0 aromatic heterocycles. The number of fused-ring (bicyclic) bond motifs is 1. The van der Waals surface area contributed by atoms with Crippen molar-refractivity contribution in [2.45, 2.75) is 69.6 Å². The lowest BCUT2D eigenvalue weighted by atomic mass is 9.70. The maximum absolute atomic E-state index is 6.35. The van der Waals surface area contributed by atoms with Gasteiger partial charge in [-0.3, -0.25) is 5.32 Å². The van der Waals surface area contributed by atoms with Gasteiger partial charge in [-0.2, -0.15) is 0 Å². The van der Waals surface area contributed by atoms with Crippen molar-refractivity contribution >= 4 is 0 Å². The van der Waals surface area contributed by atoms with E-state index in [0.29, 0.717) is 12.1 Å². The van der Waals surface area contributed by atoms with Crippen LogP contribution in [0.1, 0.15) is 51.4 Å². The molecule has 0 spiro atoms. The second-order valence-corrected chi connectivity index (χ2v) is 6.30. The topological polar surface area (TPSA) is 50.1 Å². The minimum Gasteiger partial charge on any atom is -0.316 e. The highest BCUT2D eigenvalue weighted by Gasteiger charge is 2.39. The number of hydrogen-bond acceptors (Lipinski definition) is 3. The lowest BCUT2D eigenvalue weighted by molar-refractivity contribution is 0.0876. The summed E-state index contributed by atoms with van der Waals surface area (Å²) < 4.78 is 0. The highest BCUT2D eigenvalue weighted by molar-refractivity contribution is 4.96. The van der Waals surface area contributed by atoms with Gasteiger partial charge < -0.3 is 11.1 Å². The van der Waals surface area contributed by atoms with E-state index in [1.807, 2.05) is 0 Å². The van der Waals surface area contributed by atoms with Crippen LogP contribution in [0.4, 0.5) is 0 Å². The minimum atomic E-state index is 0.253. The highest BCUT2D eigenvalue weighted by Crippen LogP contribution is 2.38. The summed E-state index contributed by atoms with van der Waals surface area (Å²) in [6.45, 7) is 1.20. The van der Waals surface area contributed by atoms with Gasteiger partial charge >= 0.3 is 0 Å². The predicted molar refractivity (Wildman–Crippen MR) is 70.6 cm³/mol. The van der Waals surface area contributed by atoms with Gasteiger partial charge in [0, 0.05) is 12.1 Å². The number of nitrogens with one attached hydrogen (secondary N) is 2. The molecule has 1 aliphatic carbocycles. The van der Waals surface area contributed by atoms with Gasteiger partial charge in [-0.15, -0.1) is 0 Å². The van der Waals surface area contributed by atoms with E-state index in [1.165, 1.54) is 57.9 Å². The third kappa shape index (κ3) is 2.51. The minimum absolute atomic E-state index is 0.253. The standard InChI is InChI=1S/C14H27N3/c15-14-11-6-2-1-5-10(11)9-13(17-14)12-7-3-4-8-16-12/h10-14,16-17H,1-9,15H2. The molecule has 0 amide bonds. The third-order valence-corrected chi connectivity index (χ3v) is 5.23. The smallest absolute Gasteiger partial charge is 0.0580 e. The van der Waals surface area contributed by atoms with Crippen molar-refractivity contribution in [1.82, 2.24) is 10.6 Å². The summed E-state index contributed by atoms with van der Waals surface area (Å²) in [5.74, 6) is 1.65. The molecule has 17 heavy (non-hydrogen) atoms. The van der Waals surface area contributed by atoms with Crippen LogP contribution in [0.3, 0.4) is 0 Å². The molecule has 3 fully saturated rings. The lowest BCUT2D eigenvalue weighted by Gasteiger charge is -2.47. The van der Waals surface area contributed by atoms with Crippen LogP contribution < -0.4 is 16.4 Å². The molecule has 98 valence electrons. The van der Waals surface area contributed by atoms with Gasteiger partial charge in [-0.1, -0.05) is 25.7 Å². The Labute approximate surface area is 105 Å². The van der Waals surface area contributed by atoms with Crippen LogP contribution in [0.15, 0.2) is 0 Å². The average Bonchev–Trinajstić information content (AvgIpc) is 2.40. The molecule has 4 N–H and O–H groups in total. The summed E-state index contributed by atoms with van der Waals surface area (Å²) in [6, 6.07) is 1.31. The van der Waals surface area contributed by atoms with Crippen molar-refractivity contribution in [3.63, 3.8) is 0 Å². The molecule has 3 aliphatic rings. The molecule has 0 aromatic rings. The van der Waals surface area contributed by atoms with Crippen molar-refractivity contribution in [2.24, 2.45) is 17.6 Å². The Hall–Kier alpha value is -0.120. The van der Waals surface area contributed by atoms with Crippen molar-refractivity contribution in [2.75, 3.05) is 6.54 Å². The van der Waals surface area contributed by atoms with E-state index in [9.17, 15) is 0 Å². The average molecular weight is 237 g/mol. The fourth-order valence-corrected chi connectivity index (χ4v) is 4.27. The molecule has 2 heterocycles. The Bertz CT molecular complexity index is 250. The van der Waals surface area contributed by atoms with E-state index in [1.54, 1.807) is 0 Å². The van der Waals surface area contributed by atoms with E-state index < -0.39 is 0 Å². The first kappa shape index (κ1) is 11.9. The summed E-state index contributed by atoms with van der Waals surface area (Å²) >= 11 is 0. The van der Waals surface area contributed by atoms with Crippen molar-refractivity contribution < 1.29 is 0 Å². The first-order valence-electron chi connectivity index (χ1n) is 7.59. The molecule has 3 nitrogen and oxygen atoms in total. The maximum atomic E-state index is 6.35. The molecule has 1 saturated carbocycles. The first-order chi connectivity index (χ1) is 8.34. The second-order valence-electron chi connectivity index (χ2n) is 6.30. The zero-order valence-corrected chi connectivity index (χ0v) is 10.8. The molecular weight excluding hydrogens is 210 g/mol. The van der Waals surface area contributed by atoms with Gasteiger partial charge in [0.15, 0.2) is 0 Å². The van der Waals surface area contributed by atoms with Gasteiger partial charge in [-0.05, 0) is 44.1 Å². The SMILES string of the molecule is NC1NC(C2CCCCN2)CC2CCCCC21. The predicted octanol–water partition coefficient (Wildman–Crippen LogP) is 1.58. The Kier molecular flexibility index (Phi) is 3.69. The van der Waals surface area contributed by atoms with Crippen LogP contribution in [0, 0.1) is 11.8 Å². The van der Waals surface area contributed by atoms with E-state index in [-0.39, 0.29) is 6.17 Å². The Morgan fingerprint density at radius 2 is 1.71 bits per heavy atom. The van der Waals surface area contributed by atoms with E-state index in [4.69, 9.17) is 5.73 Å². The molecule has 2 aliphatic heterocycles. The van der Waals surface area contributed by atoms with Gasteiger partial charge in [0.25, 0.3) is 0 Å². The molecule has 2 saturated heterocycles. The van der Waals surface area contributed by atoms with Gasteiger partial charge in [-0.25, -0.2) is 0 Å². The van der Waals surface area contributed by atoms with Crippen molar-refractivity contribution in [3.05, 3.63) is 0 Å². The quantitative estimate of drug-likeness (QED) is 0.649. The zero-order chi connectivity index (χ0) is 11.7. The molecule has 5 atom stereocenters. The van der Waals surface area contributed by atoms with Crippen LogP contribution in [-0.2, 0) is 0 Å². The summed E-state index contributed by atoms with van der Waals surface area (Å²) in [5, 5.41) is 7.39. The molecule has 0 bridgehead atoms. The monoisotopic (exact) mass is 237 g/mol. The van der Waals surface area contributed by atoms with Crippen LogP contribution in [-0.4, -0.2) is 24.8 Å². The normalized spacial score (nSPS) is 47.5. The maximum Gasteiger partial charge on any atom is 0.0580 e.